The average Bonchev–Trinajstić information content (AvgIpc) is 2.17. The van der Waals surface area contributed by atoms with E-state index >= 15 is 0 Å². The molecule has 3 nitrogen and oxygen atoms in total. The van der Waals surface area contributed by atoms with E-state index in [4.69, 9.17) is 0 Å². The number of amides is 1. The largest absolute Gasteiger partial charge is 0.508 e. The van der Waals surface area contributed by atoms with Crippen molar-refractivity contribution < 1.29 is 9.90 Å². The van der Waals surface area contributed by atoms with Crippen LogP contribution in [0.5, 0.6) is 5.75 Å². The van der Waals surface area contributed by atoms with Crippen LogP contribution in [0.2, 0.25) is 0 Å². The highest BCUT2D eigenvalue weighted by Gasteiger charge is 2.34. The number of hydrogen-bond donors (Lipinski definition) is 1. The molecular weight excluding hydrogens is 329 g/mol. The molecule has 0 aromatic heterocycles. The van der Waals surface area contributed by atoms with E-state index in [0.717, 1.165) is 16.8 Å². The van der Waals surface area contributed by atoms with Crippen molar-refractivity contribution in [2.24, 2.45) is 0 Å². The smallest absolute Gasteiger partial charge is 0.288 e. The maximum atomic E-state index is 11.8. The molecule has 1 N–H and O–H groups in total. The number of hydrogen-bond acceptors (Lipinski definition) is 2. The molecule has 17 heavy (non-hydrogen) atoms. The summed E-state index contributed by atoms with van der Waals surface area (Å²) in [6.45, 7) is 6.00. The molecule has 1 amide bonds. The van der Waals surface area contributed by atoms with E-state index < -0.39 is 0 Å². The highest BCUT2D eigenvalue weighted by atomic mass is 127. The Morgan fingerprint density at radius 3 is 2.65 bits per heavy atom. The summed E-state index contributed by atoms with van der Waals surface area (Å²) in [7, 11) is 0. The molecule has 0 radical (unpaired) electrons. The van der Waals surface area contributed by atoms with E-state index in [0.29, 0.717) is 0 Å². The van der Waals surface area contributed by atoms with Gasteiger partial charge in [0.15, 0.2) is 0 Å². The van der Waals surface area contributed by atoms with Crippen molar-refractivity contribution in [3.8, 4) is 5.75 Å². The van der Waals surface area contributed by atoms with Crippen molar-refractivity contribution in [2.45, 2.75) is 26.3 Å². The number of aromatic hydroxyl groups is 1. The van der Waals surface area contributed by atoms with Crippen LogP contribution in [0.15, 0.2) is 24.3 Å². The van der Waals surface area contributed by atoms with Crippen molar-refractivity contribution in [1.82, 2.24) is 0 Å². The molecule has 0 atom stereocenters. The van der Waals surface area contributed by atoms with Crippen LogP contribution in [0, 0.1) is 0 Å². The second-order valence-corrected chi connectivity index (χ2v) is 5.69. The summed E-state index contributed by atoms with van der Waals surface area (Å²) in [6, 6.07) is 5.10. The number of carbonyl (C=O) groups is 1. The normalized spacial score (nSPS) is 17.4. The Hall–Kier alpha value is -1.04. The monoisotopic (exact) mass is 343 g/mol. The Morgan fingerprint density at radius 2 is 2.06 bits per heavy atom. The zero-order valence-corrected chi connectivity index (χ0v) is 12.1. The summed E-state index contributed by atoms with van der Waals surface area (Å²) in [6.07, 6.45) is 2.05. The molecule has 1 aliphatic rings. The molecule has 0 unspecified atom stereocenters. The number of nitrogens with zero attached hydrogens (tertiary/aromatic N) is 1. The average molecular weight is 343 g/mol. The second-order valence-electron chi connectivity index (χ2n) is 4.77. The minimum atomic E-state index is -0.341. The van der Waals surface area contributed by atoms with Crippen LogP contribution in [0.3, 0.4) is 0 Å². The van der Waals surface area contributed by atoms with Crippen LogP contribution < -0.4 is 4.90 Å². The van der Waals surface area contributed by atoms with Gasteiger partial charge in [-0.15, -0.1) is 0 Å². The molecule has 90 valence electrons. The molecule has 0 bridgehead atoms. The fourth-order valence-electron chi connectivity index (χ4n) is 2.34. The predicted octanol–water partition coefficient (Wildman–Crippen LogP) is 3.95. The van der Waals surface area contributed by atoms with E-state index in [9.17, 15) is 9.90 Å². The molecule has 0 saturated heterocycles. The Balaban J connectivity index is 2.69. The molecule has 0 spiro atoms. The van der Waals surface area contributed by atoms with E-state index in [1.165, 1.54) is 0 Å². The Kier molecular flexibility index (Phi) is 2.93. The molecular formula is C13H14INO2. The number of fused-ring (bicyclic) bond motifs is 1. The first-order valence-electron chi connectivity index (χ1n) is 5.35. The van der Waals surface area contributed by atoms with Gasteiger partial charge < -0.3 is 5.11 Å². The van der Waals surface area contributed by atoms with Gasteiger partial charge in [0.2, 0.25) is 0 Å². The summed E-state index contributed by atoms with van der Waals surface area (Å²) in [4.78, 5) is 13.5. The lowest BCUT2D eigenvalue weighted by atomic mass is 9.89. The van der Waals surface area contributed by atoms with Gasteiger partial charge in [-0.05, 0) is 44.5 Å². The van der Waals surface area contributed by atoms with Crippen LogP contribution in [-0.4, -0.2) is 14.6 Å². The maximum Gasteiger partial charge on any atom is 0.288 e. The summed E-state index contributed by atoms with van der Waals surface area (Å²) in [5.41, 5.74) is 2.50. The van der Waals surface area contributed by atoms with E-state index in [2.05, 4.69) is 0 Å². The second kappa shape index (κ2) is 4.01. The standard InChI is InChI=1S/C13H14INO2/c1-8-7-13(2,3)15(12(14)17)11-5-4-9(16)6-10(8)11/h4-7,16H,1-3H3. The number of anilines is 1. The van der Waals surface area contributed by atoms with Gasteiger partial charge in [0.1, 0.15) is 5.75 Å². The van der Waals surface area contributed by atoms with Gasteiger partial charge in [0.05, 0.1) is 11.2 Å². The molecule has 1 heterocycles. The molecule has 4 heteroatoms. The summed E-state index contributed by atoms with van der Waals surface area (Å²) in [5, 5.41) is 9.53. The zero-order chi connectivity index (χ0) is 12.8. The Bertz CT molecular complexity index is 520. The molecule has 1 aromatic rings. The van der Waals surface area contributed by atoms with E-state index in [1.807, 2.05) is 26.8 Å². The number of phenolic OH excluding ortho intramolecular Hbond substituents is 1. The minimum Gasteiger partial charge on any atom is -0.508 e. The SMILES string of the molecule is CC1=CC(C)(C)N(C(=O)I)c2ccc(O)cc21. The molecule has 0 saturated carbocycles. The first kappa shape index (κ1) is 12.4. The fraction of sp³-hybridized carbons (Fsp3) is 0.308. The van der Waals surface area contributed by atoms with Gasteiger partial charge in [-0.1, -0.05) is 6.08 Å². The van der Waals surface area contributed by atoms with Crippen LogP contribution in [0.1, 0.15) is 26.3 Å². The van der Waals surface area contributed by atoms with Crippen LogP contribution >= 0.6 is 22.6 Å². The molecule has 2 rings (SSSR count). The summed E-state index contributed by atoms with van der Waals surface area (Å²) >= 11 is 1.79. The van der Waals surface area contributed by atoms with Crippen molar-refractivity contribution >= 4 is 37.8 Å². The summed E-state index contributed by atoms with van der Waals surface area (Å²) < 4.78 is -0.0247. The lowest BCUT2D eigenvalue weighted by Gasteiger charge is -2.40. The molecule has 1 aliphatic heterocycles. The van der Waals surface area contributed by atoms with Crippen molar-refractivity contribution in [1.29, 1.82) is 0 Å². The van der Waals surface area contributed by atoms with Gasteiger partial charge in [-0.2, -0.15) is 0 Å². The first-order valence-corrected chi connectivity index (χ1v) is 6.43. The molecule has 0 aliphatic carbocycles. The number of rotatable bonds is 0. The predicted molar refractivity (Wildman–Crippen MR) is 77.7 cm³/mol. The van der Waals surface area contributed by atoms with Crippen LogP contribution in [0.25, 0.3) is 5.57 Å². The third kappa shape index (κ3) is 2.06. The van der Waals surface area contributed by atoms with Gasteiger partial charge in [-0.3, -0.25) is 9.69 Å². The highest BCUT2D eigenvalue weighted by molar-refractivity contribution is 14.1. The quantitative estimate of drug-likeness (QED) is 0.440. The van der Waals surface area contributed by atoms with Gasteiger partial charge in [0, 0.05) is 28.2 Å². The van der Waals surface area contributed by atoms with Crippen molar-refractivity contribution in [3.05, 3.63) is 29.8 Å². The zero-order valence-electron chi connectivity index (χ0n) is 9.99. The molecule has 1 aromatic carbocycles. The van der Waals surface area contributed by atoms with Gasteiger partial charge >= 0.3 is 0 Å². The number of allylic oxidation sites excluding steroid dienone is 1. The summed E-state index contributed by atoms with van der Waals surface area (Å²) in [5.74, 6) is 0.220. The van der Waals surface area contributed by atoms with Crippen LogP contribution in [0.4, 0.5) is 10.5 Å². The third-order valence-corrected chi connectivity index (χ3v) is 3.45. The topological polar surface area (TPSA) is 40.5 Å². The minimum absolute atomic E-state index is 0.0247. The Morgan fingerprint density at radius 1 is 1.41 bits per heavy atom. The van der Waals surface area contributed by atoms with Gasteiger partial charge in [0.25, 0.3) is 3.91 Å². The third-order valence-electron chi connectivity index (χ3n) is 2.97. The van der Waals surface area contributed by atoms with Crippen molar-refractivity contribution in [2.75, 3.05) is 4.90 Å². The lowest BCUT2D eigenvalue weighted by Crippen LogP contribution is -2.46. The number of phenols is 1. The first-order chi connectivity index (χ1) is 7.83. The fourth-order valence-corrected chi connectivity index (χ4v) is 3.22. The Labute approximate surface area is 114 Å². The van der Waals surface area contributed by atoms with E-state index in [-0.39, 0.29) is 15.2 Å². The number of carbonyl (C=O) groups excluding carboxylic acids is 1. The van der Waals surface area contributed by atoms with Gasteiger partial charge in [-0.25, -0.2) is 0 Å². The maximum absolute atomic E-state index is 11.8. The molecule has 0 fully saturated rings. The number of halogens is 1. The lowest BCUT2D eigenvalue weighted by molar-refractivity contribution is 0.264. The van der Waals surface area contributed by atoms with Crippen molar-refractivity contribution in [3.63, 3.8) is 0 Å². The highest BCUT2D eigenvalue weighted by Crippen LogP contribution is 2.41. The number of benzene rings is 1. The van der Waals surface area contributed by atoms with Crippen LogP contribution in [-0.2, 0) is 0 Å². The van der Waals surface area contributed by atoms with E-state index in [1.54, 1.807) is 45.7 Å².